The van der Waals surface area contributed by atoms with Crippen LogP contribution in [0.5, 0.6) is 0 Å². The number of carbonyl (C=O) groups is 2. The van der Waals surface area contributed by atoms with Crippen LogP contribution in [0.15, 0.2) is 24.3 Å². The normalized spacial score (nSPS) is 10.6. The summed E-state index contributed by atoms with van der Waals surface area (Å²) in [5.41, 5.74) is 7.09. The van der Waals surface area contributed by atoms with Gasteiger partial charge in [0, 0.05) is 30.5 Å². The van der Waals surface area contributed by atoms with Crippen LogP contribution in [0.25, 0.3) is 0 Å². The molecule has 0 heterocycles. The minimum atomic E-state index is -0.434. The molecule has 0 aliphatic heterocycles. The fourth-order valence-electron chi connectivity index (χ4n) is 1.53. The largest absolute Gasteiger partial charge is 0.354 e. The summed E-state index contributed by atoms with van der Waals surface area (Å²) in [5.74, 6) is -0.152. The Morgan fingerprint density at radius 2 is 1.70 bits per heavy atom. The second kappa shape index (κ2) is 8.02. The number of aryl methyl sites for hydroxylation is 1. The second-order valence-electron chi connectivity index (χ2n) is 5.55. The summed E-state index contributed by atoms with van der Waals surface area (Å²) < 4.78 is 0. The summed E-state index contributed by atoms with van der Waals surface area (Å²) in [6.07, 6.45) is 0.419. The van der Waals surface area contributed by atoms with E-state index >= 15 is 0 Å². The van der Waals surface area contributed by atoms with E-state index in [2.05, 4.69) is 5.32 Å². The van der Waals surface area contributed by atoms with Gasteiger partial charge in [0.1, 0.15) is 0 Å². The number of nitrogens with two attached hydrogens (primary N) is 1. The standard InChI is InChI=1S/C15H22N2O2.ClH/c1-11-4-6-12(7-5-11)13(18)8-9-14(19)17-10-15(2,3)16;/h4-7H,8-10,16H2,1-3H3,(H,17,19);1H. The quantitative estimate of drug-likeness (QED) is 0.791. The second-order valence-corrected chi connectivity index (χ2v) is 5.55. The molecule has 0 atom stereocenters. The molecule has 1 amide bonds. The summed E-state index contributed by atoms with van der Waals surface area (Å²) in [6, 6.07) is 7.37. The van der Waals surface area contributed by atoms with Crippen LogP contribution < -0.4 is 11.1 Å². The third-order valence-electron chi connectivity index (χ3n) is 2.69. The van der Waals surface area contributed by atoms with Crippen molar-refractivity contribution < 1.29 is 9.59 Å². The number of Topliss-reactive ketones (excluding diaryl/α,β-unsaturated/α-hetero) is 1. The topological polar surface area (TPSA) is 72.2 Å². The molecule has 0 spiro atoms. The molecule has 1 aromatic carbocycles. The summed E-state index contributed by atoms with van der Waals surface area (Å²) in [5, 5.41) is 2.72. The molecule has 1 aromatic rings. The molecule has 4 nitrogen and oxygen atoms in total. The van der Waals surface area contributed by atoms with Gasteiger partial charge in [0.05, 0.1) is 0 Å². The van der Waals surface area contributed by atoms with Crippen LogP contribution in [0.2, 0.25) is 0 Å². The zero-order valence-corrected chi connectivity index (χ0v) is 13.0. The number of rotatable bonds is 6. The summed E-state index contributed by atoms with van der Waals surface area (Å²) in [6.45, 7) is 6.05. The summed E-state index contributed by atoms with van der Waals surface area (Å²) in [4.78, 5) is 23.4. The van der Waals surface area contributed by atoms with Crippen molar-refractivity contribution in [2.45, 2.75) is 39.2 Å². The maximum Gasteiger partial charge on any atom is 0.220 e. The van der Waals surface area contributed by atoms with Gasteiger partial charge in [-0.15, -0.1) is 12.4 Å². The van der Waals surface area contributed by atoms with Crippen molar-refractivity contribution in [1.82, 2.24) is 5.32 Å². The van der Waals surface area contributed by atoms with Gasteiger partial charge in [-0.1, -0.05) is 29.8 Å². The van der Waals surface area contributed by atoms with Crippen molar-refractivity contribution >= 4 is 24.1 Å². The monoisotopic (exact) mass is 298 g/mol. The third-order valence-corrected chi connectivity index (χ3v) is 2.69. The molecule has 20 heavy (non-hydrogen) atoms. The molecule has 3 N–H and O–H groups in total. The number of carbonyl (C=O) groups excluding carboxylic acids is 2. The highest BCUT2D eigenvalue weighted by Gasteiger charge is 2.13. The molecule has 0 aliphatic carbocycles. The van der Waals surface area contributed by atoms with E-state index in [0.717, 1.165) is 5.56 Å². The molecule has 0 fully saturated rings. The highest BCUT2D eigenvalue weighted by molar-refractivity contribution is 5.97. The Balaban J connectivity index is 0.00000361. The van der Waals surface area contributed by atoms with Gasteiger partial charge >= 0.3 is 0 Å². The molecule has 0 saturated carbocycles. The number of amides is 1. The van der Waals surface area contributed by atoms with Gasteiger partial charge in [-0.3, -0.25) is 9.59 Å². The molecule has 0 unspecified atom stereocenters. The molecule has 5 heteroatoms. The van der Waals surface area contributed by atoms with E-state index in [1.807, 2.05) is 32.9 Å². The van der Waals surface area contributed by atoms with Gasteiger partial charge in [0.25, 0.3) is 0 Å². The van der Waals surface area contributed by atoms with Crippen molar-refractivity contribution in [2.75, 3.05) is 6.54 Å². The van der Waals surface area contributed by atoms with Crippen LogP contribution in [0.1, 0.15) is 42.6 Å². The number of halogens is 1. The van der Waals surface area contributed by atoms with E-state index in [4.69, 9.17) is 5.73 Å². The first kappa shape index (κ1) is 18.6. The highest BCUT2D eigenvalue weighted by Crippen LogP contribution is 2.07. The summed E-state index contributed by atoms with van der Waals surface area (Å²) >= 11 is 0. The van der Waals surface area contributed by atoms with E-state index in [9.17, 15) is 9.59 Å². The van der Waals surface area contributed by atoms with Gasteiger partial charge in [-0.2, -0.15) is 0 Å². The van der Waals surface area contributed by atoms with E-state index in [-0.39, 0.29) is 36.9 Å². The van der Waals surface area contributed by atoms with Crippen LogP contribution in [0.4, 0.5) is 0 Å². The SMILES string of the molecule is Cc1ccc(C(=O)CCC(=O)NCC(C)(C)N)cc1.Cl. The lowest BCUT2D eigenvalue weighted by Crippen LogP contribution is -2.45. The molecule has 0 aliphatic rings. The molecule has 1 rings (SSSR count). The Bertz CT molecular complexity index is 450. The Kier molecular flexibility index (Phi) is 7.46. The van der Waals surface area contributed by atoms with Crippen molar-refractivity contribution in [1.29, 1.82) is 0 Å². The van der Waals surface area contributed by atoms with E-state index in [1.54, 1.807) is 12.1 Å². The Morgan fingerprint density at radius 3 is 2.20 bits per heavy atom. The number of hydrogen-bond acceptors (Lipinski definition) is 3. The Morgan fingerprint density at radius 1 is 1.15 bits per heavy atom. The molecular formula is C15H23ClN2O2. The number of ketones is 1. The predicted molar refractivity (Wildman–Crippen MR) is 83.3 cm³/mol. The Hall–Kier alpha value is -1.39. The van der Waals surface area contributed by atoms with Gasteiger partial charge < -0.3 is 11.1 Å². The van der Waals surface area contributed by atoms with Crippen molar-refractivity contribution in [3.63, 3.8) is 0 Å². The molecular weight excluding hydrogens is 276 g/mol. The number of nitrogens with one attached hydrogen (secondary N) is 1. The lowest BCUT2D eigenvalue weighted by molar-refractivity contribution is -0.121. The minimum Gasteiger partial charge on any atom is -0.354 e. The van der Waals surface area contributed by atoms with E-state index < -0.39 is 5.54 Å². The fourth-order valence-corrected chi connectivity index (χ4v) is 1.53. The molecule has 0 aromatic heterocycles. The smallest absolute Gasteiger partial charge is 0.220 e. The first-order valence-electron chi connectivity index (χ1n) is 6.43. The lowest BCUT2D eigenvalue weighted by Gasteiger charge is -2.18. The molecule has 0 saturated heterocycles. The summed E-state index contributed by atoms with van der Waals surface area (Å²) in [7, 11) is 0. The highest BCUT2D eigenvalue weighted by atomic mass is 35.5. The fraction of sp³-hybridized carbons (Fsp3) is 0.467. The van der Waals surface area contributed by atoms with Gasteiger partial charge in [-0.25, -0.2) is 0 Å². The first-order valence-corrected chi connectivity index (χ1v) is 6.43. The average Bonchev–Trinajstić information content (AvgIpc) is 2.33. The zero-order chi connectivity index (χ0) is 14.5. The average molecular weight is 299 g/mol. The van der Waals surface area contributed by atoms with Crippen molar-refractivity contribution in [2.24, 2.45) is 5.73 Å². The van der Waals surface area contributed by atoms with E-state index in [0.29, 0.717) is 12.1 Å². The molecule has 0 bridgehead atoms. The molecule has 0 radical (unpaired) electrons. The van der Waals surface area contributed by atoms with Crippen LogP contribution in [-0.4, -0.2) is 23.8 Å². The predicted octanol–water partition coefficient (Wildman–Crippen LogP) is 2.23. The first-order chi connectivity index (χ1) is 8.78. The van der Waals surface area contributed by atoms with Crippen LogP contribution >= 0.6 is 12.4 Å². The van der Waals surface area contributed by atoms with Crippen molar-refractivity contribution in [3.05, 3.63) is 35.4 Å². The number of benzene rings is 1. The minimum absolute atomic E-state index is 0. The van der Waals surface area contributed by atoms with Gasteiger partial charge in [0.2, 0.25) is 5.91 Å². The van der Waals surface area contributed by atoms with Crippen LogP contribution in [0.3, 0.4) is 0 Å². The van der Waals surface area contributed by atoms with Crippen LogP contribution in [-0.2, 0) is 4.79 Å². The van der Waals surface area contributed by atoms with Crippen LogP contribution in [0, 0.1) is 6.92 Å². The van der Waals surface area contributed by atoms with E-state index in [1.165, 1.54) is 0 Å². The maximum absolute atomic E-state index is 11.9. The molecule has 112 valence electrons. The third kappa shape index (κ3) is 7.26. The van der Waals surface area contributed by atoms with Gasteiger partial charge in [-0.05, 0) is 20.8 Å². The maximum atomic E-state index is 11.9. The zero-order valence-electron chi connectivity index (χ0n) is 12.2. The lowest BCUT2D eigenvalue weighted by atomic mass is 10.0. The Labute approximate surface area is 126 Å². The van der Waals surface area contributed by atoms with Gasteiger partial charge in [0.15, 0.2) is 5.78 Å². The van der Waals surface area contributed by atoms with Crippen molar-refractivity contribution in [3.8, 4) is 0 Å². The number of hydrogen-bond donors (Lipinski definition) is 2.